The molecule has 10 heteroatoms. The molecule has 0 radical (unpaired) electrons. The molecule has 146 valence electrons. The highest BCUT2D eigenvalue weighted by Gasteiger charge is 2.52. The molecular weight excluding hydrogens is 370 g/mol. The van der Waals surface area contributed by atoms with E-state index < -0.39 is 51.0 Å². The Hall–Kier alpha value is -1.10. The van der Waals surface area contributed by atoms with E-state index >= 15 is 0 Å². The summed E-state index contributed by atoms with van der Waals surface area (Å²) in [6.07, 6.45) is -4.85. The topological polar surface area (TPSA) is 64.6 Å². The lowest BCUT2D eigenvalue weighted by Gasteiger charge is -2.32. The molecule has 1 aliphatic heterocycles. The van der Waals surface area contributed by atoms with Gasteiger partial charge in [-0.05, 0) is 59.1 Å². The standard InChI is InChI=1S/C16H23BF3NO4S/c1-10(2)21-26(22,23)13-8-7-11(9-12(13)16(18,19)20)17-24-14(3,4)15(5,6)25-17/h7-10,21H,1-6H3. The normalized spacial score (nSPS) is 20.0. The van der Waals surface area contributed by atoms with E-state index in [0.29, 0.717) is 0 Å². The molecule has 1 fully saturated rings. The molecule has 1 heterocycles. The van der Waals surface area contributed by atoms with Crippen LogP contribution in [0.5, 0.6) is 0 Å². The van der Waals surface area contributed by atoms with Gasteiger partial charge in [-0.2, -0.15) is 13.2 Å². The first-order chi connectivity index (χ1) is 11.6. The van der Waals surface area contributed by atoms with Crippen LogP contribution in [0.2, 0.25) is 0 Å². The van der Waals surface area contributed by atoms with Gasteiger partial charge in [0.15, 0.2) is 0 Å². The summed E-state index contributed by atoms with van der Waals surface area (Å²) in [7, 11) is -5.33. The van der Waals surface area contributed by atoms with Crippen LogP contribution in [-0.4, -0.2) is 32.8 Å². The number of benzene rings is 1. The Kier molecular flexibility index (Phi) is 5.31. The number of halogens is 3. The average molecular weight is 393 g/mol. The van der Waals surface area contributed by atoms with E-state index in [-0.39, 0.29) is 5.46 Å². The Bertz CT molecular complexity index is 775. The first-order valence-corrected chi connectivity index (χ1v) is 9.64. The van der Waals surface area contributed by atoms with E-state index in [0.717, 1.165) is 12.1 Å². The fourth-order valence-electron chi connectivity index (χ4n) is 2.50. The van der Waals surface area contributed by atoms with Crippen molar-refractivity contribution >= 4 is 22.6 Å². The number of hydrogen-bond acceptors (Lipinski definition) is 4. The molecule has 1 saturated heterocycles. The van der Waals surface area contributed by atoms with E-state index in [9.17, 15) is 21.6 Å². The molecule has 0 unspecified atom stereocenters. The van der Waals surface area contributed by atoms with Crippen molar-refractivity contribution in [2.24, 2.45) is 0 Å². The predicted octanol–water partition coefficient (Wildman–Crippen LogP) is 2.69. The monoisotopic (exact) mass is 393 g/mol. The summed E-state index contributed by atoms with van der Waals surface area (Å²) in [6, 6.07) is 2.46. The van der Waals surface area contributed by atoms with Crippen LogP contribution in [0.1, 0.15) is 47.1 Å². The minimum Gasteiger partial charge on any atom is -0.399 e. The molecule has 0 amide bonds. The molecule has 1 aliphatic rings. The molecule has 26 heavy (non-hydrogen) atoms. The summed E-state index contributed by atoms with van der Waals surface area (Å²) >= 11 is 0. The molecule has 1 N–H and O–H groups in total. The first kappa shape index (κ1) is 21.2. The SMILES string of the molecule is CC(C)NS(=O)(=O)c1ccc(B2OC(C)(C)C(C)(C)O2)cc1C(F)(F)F. The lowest BCUT2D eigenvalue weighted by Crippen LogP contribution is -2.41. The van der Waals surface area contributed by atoms with Crippen LogP contribution >= 0.6 is 0 Å². The summed E-state index contributed by atoms with van der Waals surface area (Å²) < 4.78 is 78.8. The van der Waals surface area contributed by atoms with Crippen molar-refractivity contribution in [1.29, 1.82) is 0 Å². The second-order valence-corrected chi connectivity index (χ2v) is 9.30. The zero-order chi connectivity index (χ0) is 20.1. The van der Waals surface area contributed by atoms with Gasteiger partial charge >= 0.3 is 13.3 Å². The van der Waals surface area contributed by atoms with Crippen LogP contribution in [0, 0.1) is 0 Å². The largest absolute Gasteiger partial charge is 0.494 e. The van der Waals surface area contributed by atoms with Gasteiger partial charge in [-0.3, -0.25) is 0 Å². The van der Waals surface area contributed by atoms with Crippen molar-refractivity contribution in [2.75, 3.05) is 0 Å². The number of rotatable bonds is 4. The minimum absolute atomic E-state index is 0.111. The Labute approximate surface area is 152 Å². The van der Waals surface area contributed by atoms with Crippen LogP contribution < -0.4 is 10.2 Å². The highest BCUT2D eigenvalue weighted by molar-refractivity contribution is 7.89. The van der Waals surface area contributed by atoms with E-state index in [1.807, 2.05) is 0 Å². The molecule has 0 saturated carbocycles. The van der Waals surface area contributed by atoms with Gasteiger partial charge in [-0.15, -0.1) is 0 Å². The van der Waals surface area contributed by atoms with Crippen LogP contribution in [0.4, 0.5) is 13.2 Å². The maximum Gasteiger partial charge on any atom is 0.494 e. The summed E-state index contributed by atoms with van der Waals surface area (Å²) in [4.78, 5) is -0.820. The molecule has 0 aromatic heterocycles. The van der Waals surface area contributed by atoms with Crippen LogP contribution in [0.25, 0.3) is 0 Å². The summed E-state index contributed by atoms with van der Waals surface area (Å²) in [6.45, 7) is 10.2. The van der Waals surface area contributed by atoms with Gasteiger partial charge in [0.2, 0.25) is 10.0 Å². The molecular formula is C16H23BF3NO4S. The van der Waals surface area contributed by atoms with Crippen LogP contribution in [0.3, 0.4) is 0 Å². The van der Waals surface area contributed by atoms with E-state index in [2.05, 4.69) is 4.72 Å². The molecule has 0 spiro atoms. The zero-order valence-electron chi connectivity index (χ0n) is 15.6. The quantitative estimate of drug-likeness (QED) is 0.800. The first-order valence-electron chi connectivity index (χ1n) is 8.16. The number of sulfonamides is 1. The number of hydrogen-bond donors (Lipinski definition) is 1. The van der Waals surface area contributed by atoms with Crippen molar-refractivity contribution in [3.05, 3.63) is 23.8 Å². The van der Waals surface area contributed by atoms with Crippen molar-refractivity contribution in [3.63, 3.8) is 0 Å². The van der Waals surface area contributed by atoms with Crippen LogP contribution in [-0.2, 0) is 25.5 Å². The third-order valence-electron chi connectivity index (χ3n) is 4.51. The van der Waals surface area contributed by atoms with Gasteiger partial charge in [-0.1, -0.05) is 6.07 Å². The second-order valence-electron chi connectivity index (χ2n) is 7.62. The maximum atomic E-state index is 13.5. The molecule has 2 rings (SSSR count). The molecule has 5 nitrogen and oxygen atoms in total. The zero-order valence-corrected chi connectivity index (χ0v) is 16.4. The molecule has 1 aromatic rings. The third-order valence-corrected chi connectivity index (χ3v) is 6.23. The molecule has 0 aliphatic carbocycles. The average Bonchev–Trinajstić information content (AvgIpc) is 2.64. The molecule has 1 aromatic carbocycles. The lowest BCUT2D eigenvalue weighted by molar-refractivity contribution is -0.139. The van der Waals surface area contributed by atoms with Gasteiger partial charge in [-0.25, -0.2) is 13.1 Å². The van der Waals surface area contributed by atoms with E-state index in [1.54, 1.807) is 27.7 Å². The summed E-state index contributed by atoms with van der Waals surface area (Å²) in [5.41, 5.74) is -2.59. The Morgan fingerprint density at radius 3 is 2.00 bits per heavy atom. The van der Waals surface area contributed by atoms with Crippen molar-refractivity contribution in [3.8, 4) is 0 Å². The van der Waals surface area contributed by atoms with Gasteiger partial charge in [0.25, 0.3) is 0 Å². The summed E-state index contributed by atoms with van der Waals surface area (Å²) in [5, 5.41) is 0. The van der Waals surface area contributed by atoms with Gasteiger partial charge in [0, 0.05) is 6.04 Å². The fraction of sp³-hybridized carbons (Fsp3) is 0.625. The second kappa shape index (κ2) is 6.51. The lowest BCUT2D eigenvalue weighted by atomic mass is 9.78. The highest BCUT2D eigenvalue weighted by Crippen LogP contribution is 2.38. The third kappa shape index (κ3) is 4.08. The van der Waals surface area contributed by atoms with Crippen LogP contribution in [0.15, 0.2) is 23.1 Å². The minimum atomic E-state index is -4.85. The Morgan fingerprint density at radius 1 is 1.08 bits per heavy atom. The maximum absolute atomic E-state index is 13.5. The van der Waals surface area contributed by atoms with E-state index in [1.165, 1.54) is 19.9 Å². The number of alkyl halides is 3. The predicted molar refractivity (Wildman–Crippen MR) is 92.6 cm³/mol. The Morgan fingerprint density at radius 2 is 1.58 bits per heavy atom. The molecule has 0 atom stereocenters. The fourth-order valence-corrected chi connectivity index (χ4v) is 3.96. The van der Waals surface area contributed by atoms with Gasteiger partial charge < -0.3 is 9.31 Å². The smallest absolute Gasteiger partial charge is 0.399 e. The Balaban J connectivity index is 2.52. The number of nitrogens with one attached hydrogen (secondary N) is 1. The van der Waals surface area contributed by atoms with Crippen molar-refractivity contribution in [2.45, 2.75) is 69.9 Å². The molecule has 0 bridgehead atoms. The van der Waals surface area contributed by atoms with Crippen molar-refractivity contribution in [1.82, 2.24) is 4.72 Å². The summed E-state index contributed by atoms with van der Waals surface area (Å²) in [5.74, 6) is 0. The van der Waals surface area contributed by atoms with Gasteiger partial charge in [0.1, 0.15) is 0 Å². The highest BCUT2D eigenvalue weighted by atomic mass is 32.2. The van der Waals surface area contributed by atoms with Crippen molar-refractivity contribution < 1.29 is 30.9 Å². The van der Waals surface area contributed by atoms with Gasteiger partial charge in [0.05, 0.1) is 21.7 Å². The van der Waals surface area contributed by atoms with E-state index in [4.69, 9.17) is 9.31 Å².